The Kier molecular flexibility index (Phi) is 20.0. The van der Waals surface area contributed by atoms with Crippen molar-refractivity contribution in [2.45, 2.75) is 184 Å². The molecule has 0 saturated carbocycles. The zero-order valence-corrected chi connectivity index (χ0v) is 36.0. The smallest absolute Gasteiger partial charge is 0.211 e. The zero-order chi connectivity index (χ0) is 50.8. The number of hydrogen-bond acceptors (Lipinski definition) is 32. The Morgan fingerprint density at radius 3 is 0.449 bits per heavy atom. The SMILES string of the molecule is N=[N+]=N.OC[C@H]1O[C@@H]2O[C@H]3[C@H](O)[C@@H](O)[C@@H](O[C@H]4[C@H](O)[C@@H](O)[C@@H](O[C@H]5[C@H](O)[C@@H](O)[C@@H](O[C@H]6[C@H](O)[C@@H](O)[C@@H](O[C@H]7[C@H](O)[C@@H](O)[C@@H](O[C@H]1[C@H](O)[C@H]2O)O[C@@H]7CO)O[C@@H]6CO)O[C@@H]5CO)O[C@@H]4CO)O[C@@H]3CO. The molecule has 22 heterocycles. The van der Waals surface area contributed by atoms with E-state index in [0.717, 1.165) is 0 Å². The van der Waals surface area contributed by atoms with Crippen LogP contribution in [0.1, 0.15) is 0 Å². The summed E-state index contributed by atoms with van der Waals surface area (Å²) >= 11 is 0. The van der Waals surface area contributed by atoms with Crippen molar-refractivity contribution in [3.05, 3.63) is 0 Å². The Labute approximate surface area is 388 Å². The first kappa shape index (κ1) is 56.4. The van der Waals surface area contributed by atoms with Crippen LogP contribution in [0.15, 0.2) is 0 Å². The average molecular weight is 1020 g/mol. The number of nitrogens with zero attached hydrogens (tertiary/aromatic N) is 1. The number of nitrogens with one attached hydrogen (secondary N) is 2. The van der Waals surface area contributed by atoms with Gasteiger partial charge in [0.2, 0.25) is 4.91 Å². The van der Waals surface area contributed by atoms with Crippen LogP contribution < -0.4 is 4.91 Å². The third-order valence-electron chi connectivity index (χ3n) is 12.7. The van der Waals surface area contributed by atoms with Crippen LogP contribution in [-0.4, -0.2) is 316 Å². The maximum Gasteiger partial charge on any atom is 0.211 e. The number of hydrogen-bond donors (Lipinski definition) is 20. The highest BCUT2D eigenvalue weighted by Gasteiger charge is 2.58. The van der Waals surface area contributed by atoms with Crippen LogP contribution in [0.25, 0.3) is 0 Å². The lowest BCUT2D eigenvalue weighted by Crippen LogP contribution is -2.69. The van der Waals surface area contributed by atoms with Gasteiger partial charge in [0, 0.05) is 0 Å². The maximum absolute atomic E-state index is 11.2. The Balaban J connectivity index is 0.00000254. The second-order valence-corrected chi connectivity index (χ2v) is 17.0. The van der Waals surface area contributed by atoms with Gasteiger partial charge in [0.15, 0.2) is 37.7 Å². The molecule has 400 valence electrons. The molecule has 20 N–H and O–H groups in total. The van der Waals surface area contributed by atoms with Crippen molar-refractivity contribution >= 4 is 0 Å². The van der Waals surface area contributed by atoms with Gasteiger partial charge in [0.1, 0.15) is 158 Å². The minimum Gasteiger partial charge on any atom is -0.394 e. The topological polar surface area (TPSA) is 537 Å². The van der Waals surface area contributed by atoms with Crippen LogP contribution in [0.4, 0.5) is 0 Å². The van der Waals surface area contributed by atoms with Crippen LogP contribution in [0.2, 0.25) is 0 Å². The first-order valence-electron chi connectivity index (χ1n) is 21.5. The van der Waals surface area contributed by atoms with Crippen LogP contribution in [-0.2, 0) is 56.8 Å². The van der Waals surface area contributed by atoms with Crippen LogP contribution in [0.5, 0.6) is 0 Å². The summed E-state index contributed by atoms with van der Waals surface area (Å²) in [6.07, 6.45) is -58.5. The summed E-state index contributed by atoms with van der Waals surface area (Å²) in [6, 6.07) is 0. The third kappa shape index (κ3) is 11.4. The van der Waals surface area contributed by atoms with Crippen molar-refractivity contribution in [1.29, 1.82) is 11.1 Å². The van der Waals surface area contributed by atoms with Gasteiger partial charge in [-0.2, -0.15) is 0 Å². The third-order valence-corrected chi connectivity index (χ3v) is 12.7. The molecule has 22 aliphatic rings. The van der Waals surface area contributed by atoms with Crippen LogP contribution >= 0.6 is 0 Å². The molecule has 0 unspecified atom stereocenters. The van der Waals surface area contributed by atoms with Crippen molar-refractivity contribution in [1.82, 2.24) is 4.91 Å². The van der Waals surface area contributed by atoms with E-state index >= 15 is 0 Å². The second-order valence-electron chi connectivity index (χ2n) is 17.0. The number of rotatable bonds is 6. The molecule has 0 aromatic carbocycles. The fraction of sp³-hybridized carbons (Fsp3) is 1.00. The van der Waals surface area contributed by atoms with Gasteiger partial charge < -0.3 is 149 Å². The van der Waals surface area contributed by atoms with Crippen molar-refractivity contribution in [3.63, 3.8) is 0 Å². The Morgan fingerprint density at radius 1 is 0.232 bits per heavy atom. The fourth-order valence-electron chi connectivity index (χ4n) is 8.93. The Bertz CT molecular complexity index is 1340. The maximum atomic E-state index is 11.2. The van der Waals surface area contributed by atoms with Crippen molar-refractivity contribution in [2.75, 3.05) is 39.6 Å². The van der Waals surface area contributed by atoms with Gasteiger partial charge in [0.05, 0.1) is 39.6 Å². The van der Waals surface area contributed by atoms with Crippen LogP contribution in [0, 0.1) is 11.1 Å². The number of aliphatic hydroxyl groups is 18. The van der Waals surface area contributed by atoms with E-state index in [1.54, 1.807) is 0 Å². The molecule has 69 heavy (non-hydrogen) atoms. The monoisotopic (exact) mass is 1020 g/mol. The van der Waals surface area contributed by atoms with Gasteiger partial charge >= 0.3 is 0 Å². The molecule has 0 radical (unpaired) electrons. The molecule has 0 aliphatic carbocycles. The molecule has 12 bridgehead atoms. The van der Waals surface area contributed by atoms with Gasteiger partial charge in [-0.15, -0.1) is 0 Å². The Hall–Kier alpha value is -1.89. The van der Waals surface area contributed by atoms with E-state index in [1.807, 2.05) is 4.91 Å². The highest BCUT2D eigenvalue weighted by atomic mass is 16.8. The summed E-state index contributed by atoms with van der Waals surface area (Å²) in [7, 11) is 0. The molecule has 33 nitrogen and oxygen atoms in total. The lowest BCUT2D eigenvalue weighted by atomic mass is 9.94. The molecule has 22 saturated heterocycles. The predicted molar refractivity (Wildman–Crippen MR) is 203 cm³/mol. The summed E-state index contributed by atoms with van der Waals surface area (Å²) in [5.41, 5.74) is 11.0. The first-order chi connectivity index (χ1) is 32.8. The van der Waals surface area contributed by atoms with Crippen molar-refractivity contribution in [3.8, 4) is 0 Å². The molecule has 33 heteroatoms. The molecule has 22 fully saturated rings. The fourth-order valence-corrected chi connectivity index (χ4v) is 8.93. The molecule has 0 aromatic rings. The standard InChI is InChI=1S/C36H60O30.H2N3/c37-1-7-25-13(43)19(49)31(55-7)62-26-8(2-38)57-33(21(51)15(26)45)64-28-10(4-40)59-35(23(53)17(28)47)66-30-12(6-42)60-36(24(54)18(30)48)65-29-11(5-41)58-34(22(52)16(29)46)63-27-9(3-39)56-32(61-25)20(50)14(27)44;1-3-2/h7-54H,1-6H2;1-2H/q;+1/t7-,8-,9-,10-,11-,12-,13-,14-,15-,16-,17-,18-,19-,20-,21-,22-,23-,24-,25-,26-,27-,28-,29-,30-,31-,32-,33-,34-,35-,36-;/m1./s1. The molecular weight excluding hydrogens is 954 g/mol. The molecule has 0 aromatic heterocycles. The first-order valence-corrected chi connectivity index (χ1v) is 21.5. The zero-order valence-electron chi connectivity index (χ0n) is 36.0. The van der Waals surface area contributed by atoms with E-state index in [0.29, 0.717) is 0 Å². The summed E-state index contributed by atoms with van der Waals surface area (Å²) in [5.74, 6) is 0. The van der Waals surface area contributed by atoms with Gasteiger partial charge in [0.25, 0.3) is 0 Å². The molecule has 22 aliphatic heterocycles. The lowest BCUT2D eigenvalue weighted by molar-refractivity contribution is -0.404. The highest BCUT2D eigenvalue weighted by Crippen LogP contribution is 2.38. The molecule has 0 spiro atoms. The summed E-state index contributed by atoms with van der Waals surface area (Å²) < 4.78 is 67.9. The van der Waals surface area contributed by atoms with E-state index in [1.165, 1.54) is 0 Å². The van der Waals surface area contributed by atoms with Crippen molar-refractivity contribution in [2.24, 2.45) is 0 Å². The van der Waals surface area contributed by atoms with E-state index < -0.39 is 224 Å². The Morgan fingerprint density at radius 2 is 0.348 bits per heavy atom. The molecule has 22 rings (SSSR count). The van der Waals surface area contributed by atoms with E-state index in [2.05, 4.69) is 0 Å². The van der Waals surface area contributed by atoms with E-state index in [9.17, 15) is 91.9 Å². The predicted octanol–water partition coefficient (Wildman–Crippen LogP) is -12.9. The van der Waals surface area contributed by atoms with Gasteiger partial charge in [-0.25, -0.2) is 0 Å². The molecule has 0 amide bonds. The van der Waals surface area contributed by atoms with Gasteiger partial charge in [-0.05, 0) is 0 Å². The second kappa shape index (κ2) is 24.4. The lowest BCUT2D eigenvalue weighted by Gasteiger charge is -2.50. The normalized spacial score (nSPS) is 53.1. The largest absolute Gasteiger partial charge is 0.394 e. The summed E-state index contributed by atoms with van der Waals surface area (Å²) in [5, 5.41) is 196. The quantitative estimate of drug-likeness (QED) is 0.0868. The van der Waals surface area contributed by atoms with Crippen molar-refractivity contribution < 1.29 is 149 Å². The summed E-state index contributed by atoms with van der Waals surface area (Å²) in [4.78, 5) is 2.00. The minimum atomic E-state index is -2.15. The number of aliphatic hydroxyl groups excluding tert-OH is 18. The van der Waals surface area contributed by atoms with Gasteiger partial charge in [-0.3, -0.25) is 0 Å². The minimum absolute atomic E-state index is 0.999. The van der Waals surface area contributed by atoms with E-state index in [4.69, 9.17) is 67.9 Å². The summed E-state index contributed by atoms with van der Waals surface area (Å²) in [6.45, 7) is -5.99. The highest BCUT2D eigenvalue weighted by molar-refractivity contribution is 5.01. The number of ether oxygens (including phenoxy) is 12. The molecule has 30 atom stereocenters. The molecular formula is C36H62N3O30+. The average Bonchev–Trinajstić information content (AvgIpc) is 3.34. The van der Waals surface area contributed by atoms with Crippen LogP contribution in [0.3, 0.4) is 0 Å². The van der Waals surface area contributed by atoms with E-state index in [-0.39, 0.29) is 0 Å². The van der Waals surface area contributed by atoms with Gasteiger partial charge in [-0.1, -0.05) is 0 Å².